The maximum absolute atomic E-state index is 10.6. The first-order valence-corrected chi connectivity index (χ1v) is 7.75. The minimum Gasteiger partial charge on any atom is -0.294 e. The van der Waals surface area contributed by atoms with E-state index in [-0.39, 0.29) is 10.6 Å². The van der Waals surface area contributed by atoms with Gasteiger partial charge in [-0.1, -0.05) is 23.7 Å². The summed E-state index contributed by atoms with van der Waals surface area (Å²) in [5.41, 5.74) is 2.76. The lowest BCUT2D eigenvalue weighted by Crippen LogP contribution is -1.97. The number of non-ortho nitro benzene ring substituents is 1. The van der Waals surface area contributed by atoms with Crippen molar-refractivity contribution in [3.8, 4) is 0 Å². The quantitative estimate of drug-likeness (QED) is 0.425. The zero-order valence-corrected chi connectivity index (χ0v) is 13.4. The summed E-state index contributed by atoms with van der Waals surface area (Å²) in [6.07, 6.45) is 3.60. The van der Waals surface area contributed by atoms with Crippen LogP contribution in [-0.2, 0) is 12.8 Å². The first kappa shape index (κ1) is 15.5. The number of halogens is 1. The molecule has 1 N–H and O–H groups in total. The van der Waals surface area contributed by atoms with Gasteiger partial charge in [0.15, 0.2) is 11.5 Å². The molecule has 3 rings (SSSR count). The lowest BCUT2D eigenvalue weighted by Gasteiger charge is -2.01. The van der Waals surface area contributed by atoms with E-state index in [0.717, 1.165) is 42.8 Å². The molecule has 0 saturated heterocycles. The number of rotatable bonds is 6. The van der Waals surface area contributed by atoms with E-state index in [9.17, 15) is 10.1 Å². The van der Waals surface area contributed by atoms with Crippen LogP contribution in [0.2, 0.25) is 5.02 Å². The normalized spacial score (nSPS) is 11.2. The first-order valence-electron chi connectivity index (χ1n) is 7.37. The summed E-state index contributed by atoms with van der Waals surface area (Å²) in [6.45, 7) is 1.90. The number of hydrogen-bond acceptors (Lipinski definition) is 4. The minimum absolute atomic E-state index is 0.124. The summed E-state index contributed by atoms with van der Waals surface area (Å²) in [5.74, 6) is 0.860. The predicted molar refractivity (Wildman–Crippen MR) is 86.8 cm³/mol. The Morgan fingerprint density at radius 2 is 1.91 bits per heavy atom. The second-order valence-corrected chi connectivity index (χ2v) is 5.83. The molecule has 0 bridgehead atoms. The van der Waals surface area contributed by atoms with Crippen LogP contribution in [0.25, 0.3) is 5.65 Å². The molecule has 120 valence electrons. The van der Waals surface area contributed by atoms with Gasteiger partial charge in [-0.25, -0.2) is 4.52 Å². The highest BCUT2D eigenvalue weighted by atomic mass is 35.5. The molecule has 0 saturated carbocycles. The van der Waals surface area contributed by atoms with Gasteiger partial charge >= 0.3 is 0 Å². The number of fused-ring (bicyclic) bond motifs is 1. The molecule has 1 aromatic carbocycles. The summed E-state index contributed by atoms with van der Waals surface area (Å²) < 4.78 is 1.82. The summed E-state index contributed by atoms with van der Waals surface area (Å²) in [6, 6.07) is 6.70. The van der Waals surface area contributed by atoms with Gasteiger partial charge in [-0.15, -0.1) is 10.2 Å². The van der Waals surface area contributed by atoms with Crippen LogP contribution in [0.15, 0.2) is 24.3 Å². The number of H-pyrrole nitrogens is 1. The van der Waals surface area contributed by atoms with Crippen LogP contribution in [-0.4, -0.2) is 24.7 Å². The van der Waals surface area contributed by atoms with Crippen molar-refractivity contribution in [2.45, 2.75) is 32.6 Å². The van der Waals surface area contributed by atoms with E-state index in [4.69, 9.17) is 11.6 Å². The van der Waals surface area contributed by atoms with Gasteiger partial charge in [0, 0.05) is 18.6 Å². The Balaban J connectivity index is 1.54. The molecule has 0 spiro atoms. The van der Waals surface area contributed by atoms with Crippen molar-refractivity contribution in [1.82, 2.24) is 19.8 Å². The van der Waals surface area contributed by atoms with Crippen LogP contribution in [0.5, 0.6) is 0 Å². The van der Waals surface area contributed by atoms with Gasteiger partial charge in [0.25, 0.3) is 5.69 Å². The Bertz CT molecular complexity index is 838. The number of unbranched alkanes of at least 4 members (excludes halogenated alkanes) is 1. The number of hydrogen-bond donors (Lipinski definition) is 1. The summed E-state index contributed by atoms with van der Waals surface area (Å²) >= 11 is 6.13. The third-order valence-corrected chi connectivity index (χ3v) is 4.25. The zero-order valence-electron chi connectivity index (χ0n) is 12.6. The number of aromatic nitrogens is 4. The van der Waals surface area contributed by atoms with Crippen LogP contribution in [0, 0.1) is 17.0 Å². The maximum Gasteiger partial charge on any atom is 0.269 e. The molecule has 0 atom stereocenters. The van der Waals surface area contributed by atoms with Crippen molar-refractivity contribution in [2.75, 3.05) is 0 Å². The third kappa shape index (κ3) is 3.19. The summed E-state index contributed by atoms with van der Waals surface area (Å²) in [4.78, 5) is 10.2. The van der Waals surface area contributed by atoms with E-state index in [1.54, 1.807) is 12.1 Å². The van der Waals surface area contributed by atoms with E-state index >= 15 is 0 Å². The highest BCUT2D eigenvalue weighted by Crippen LogP contribution is 2.20. The van der Waals surface area contributed by atoms with E-state index in [1.807, 2.05) is 23.6 Å². The molecule has 0 aliphatic carbocycles. The van der Waals surface area contributed by atoms with Crippen molar-refractivity contribution in [3.05, 3.63) is 56.5 Å². The lowest BCUT2D eigenvalue weighted by molar-refractivity contribution is -0.384. The molecular weight excluding hydrogens is 318 g/mol. The number of aromatic amines is 1. The fourth-order valence-corrected chi connectivity index (χ4v) is 2.68. The number of nitrogens with zero attached hydrogens (tertiary/aromatic N) is 4. The molecular formula is C15H16ClN5O2. The largest absolute Gasteiger partial charge is 0.294 e. The SMILES string of the molecule is Cc1[nH]n2c(CCCCc3ccc([N+](=O)[O-])cc3)nnc2c1Cl. The molecule has 0 amide bonds. The standard InChI is InChI=1S/C15H16ClN5O2/c1-10-14(16)15-18-17-13(20(15)19-10)5-3-2-4-11-6-8-12(9-7-11)21(22)23/h6-9,19H,2-5H2,1H3. The Labute approximate surface area is 137 Å². The molecule has 7 nitrogen and oxygen atoms in total. The van der Waals surface area contributed by atoms with Gasteiger partial charge in [-0.05, 0) is 31.7 Å². The average molecular weight is 334 g/mol. The van der Waals surface area contributed by atoms with Crippen LogP contribution in [0.1, 0.15) is 29.9 Å². The zero-order chi connectivity index (χ0) is 16.4. The molecule has 2 heterocycles. The second kappa shape index (κ2) is 6.37. The molecule has 2 aromatic heterocycles. The van der Waals surface area contributed by atoms with Gasteiger partial charge < -0.3 is 0 Å². The monoisotopic (exact) mass is 333 g/mol. The lowest BCUT2D eigenvalue weighted by atomic mass is 10.1. The highest BCUT2D eigenvalue weighted by molar-refractivity contribution is 6.34. The molecule has 8 heteroatoms. The van der Waals surface area contributed by atoms with Crippen molar-refractivity contribution in [3.63, 3.8) is 0 Å². The summed E-state index contributed by atoms with van der Waals surface area (Å²) in [5, 5.41) is 22.6. The Morgan fingerprint density at radius 3 is 2.61 bits per heavy atom. The van der Waals surface area contributed by atoms with Crippen molar-refractivity contribution >= 4 is 22.9 Å². The number of nitro groups is 1. The van der Waals surface area contributed by atoms with Gasteiger partial charge in [0.05, 0.1) is 10.6 Å². The number of aryl methyl sites for hydroxylation is 3. The fourth-order valence-electron chi connectivity index (χ4n) is 2.52. The van der Waals surface area contributed by atoms with Crippen LogP contribution in [0.4, 0.5) is 5.69 Å². The van der Waals surface area contributed by atoms with Gasteiger partial charge in [0.2, 0.25) is 0 Å². The highest BCUT2D eigenvalue weighted by Gasteiger charge is 2.12. The van der Waals surface area contributed by atoms with E-state index < -0.39 is 0 Å². The Hall–Kier alpha value is -2.41. The van der Waals surface area contributed by atoms with Crippen molar-refractivity contribution in [1.29, 1.82) is 0 Å². The number of nitrogens with one attached hydrogen (secondary N) is 1. The first-order chi connectivity index (χ1) is 11.1. The van der Waals surface area contributed by atoms with Crippen molar-refractivity contribution < 1.29 is 4.92 Å². The minimum atomic E-state index is -0.385. The van der Waals surface area contributed by atoms with Crippen LogP contribution in [0.3, 0.4) is 0 Å². The second-order valence-electron chi connectivity index (χ2n) is 5.46. The molecule has 3 aromatic rings. The van der Waals surface area contributed by atoms with Crippen LogP contribution >= 0.6 is 11.6 Å². The molecule has 0 radical (unpaired) electrons. The van der Waals surface area contributed by atoms with E-state index in [2.05, 4.69) is 15.3 Å². The van der Waals surface area contributed by atoms with Crippen LogP contribution < -0.4 is 0 Å². The van der Waals surface area contributed by atoms with Gasteiger partial charge in [-0.2, -0.15) is 0 Å². The molecule has 0 unspecified atom stereocenters. The van der Waals surface area contributed by atoms with E-state index in [0.29, 0.717) is 10.7 Å². The molecule has 0 aliphatic rings. The predicted octanol–water partition coefficient (Wildman–Crippen LogP) is 3.49. The molecule has 0 aliphatic heterocycles. The smallest absolute Gasteiger partial charge is 0.269 e. The van der Waals surface area contributed by atoms with E-state index in [1.165, 1.54) is 0 Å². The molecule has 23 heavy (non-hydrogen) atoms. The topological polar surface area (TPSA) is 89.1 Å². The Morgan fingerprint density at radius 1 is 1.22 bits per heavy atom. The third-order valence-electron chi connectivity index (χ3n) is 3.80. The summed E-state index contributed by atoms with van der Waals surface area (Å²) in [7, 11) is 0. The van der Waals surface area contributed by atoms with Gasteiger partial charge in [-0.3, -0.25) is 15.2 Å². The van der Waals surface area contributed by atoms with Gasteiger partial charge in [0.1, 0.15) is 5.02 Å². The Kier molecular flexibility index (Phi) is 4.29. The van der Waals surface area contributed by atoms with Crippen molar-refractivity contribution in [2.24, 2.45) is 0 Å². The fraction of sp³-hybridized carbons (Fsp3) is 0.333. The molecule has 0 fully saturated rings. The maximum atomic E-state index is 10.6. The average Bonchev–Trinajstić information content (AvgIpc) is 3.05. The number of nitro benzene ring substituents is 1. The number of benzene rings is 1.